The molecule has 8 heteroatoms. The van der Waals surface area contributed by atoms with Crippen molar-refractivity contribution in [3.05, 3.63) is 17.0 Å². The number of aromatic nitrogens is 2. The summed E-state index contributed by atoms with van der Waals surface area (Å²) in [6.45, 7) is 18.1. The van der Waals surface area contributed by atoms with Crippen LogP contribution in [-0.4, -0.2) is 88.7 Å². The van der Waals surface area contributed by atoms with Crippen molar-refractivity contribution in [1.82, 2.24) is 29.8 Å². The minimum Gasteiger partial charge on any atom is -0.357 e. The van der Waals surface area contributed by atoms with E-state index in [2.05, 4.69) is 52.8 Å². The van der Waals surface area contributed by atoms with Crippen molar-refractivity contribution in [2.24, 2.45) is 23.9 Å². The number of hydrogen-bond donors (Lipinski definition) is 1. The van der Waals surface area contributed by atoms with Crippen LogP contribution in [0, 0.1) is 25.7 Å². The Labute approximate surface area is 187 Å². The molecule has 1 amide bonds. The van der Waals surface area contributed by atoms with E-state index < -0.39 is 0 Å². The second kappa shape index (κ2) is 10.5. The van der Waals surface area contributed by atoms with Crippen LogP contribution in [-0.2, 0) is 18.4 Å². The summed E-state index contributed by atoms with van der Waals surface area (Å²) in [4.78, 5) is 24.4. The van der Waals surface area contributed by atoms with Gasteiger partial charge in [-0.25, -0.2) is 4.99 Å². The van der Waals surface area contributed by atoms with Crippen LogP contribution in [0.2, 0.25) is 0 Å². The molecule has 0 spiro atoms. The Bertz CT molecular complexity index is 769. The number of nitrogens with one attached hydrogen (secondary N) is 1. The Morgan fingerprint density at radius 1 is 1.10 bits per heavy atom. The minimum absolute atomic E-state index is 0.287. The van der Waals surface area contributed by atoms with Gasteiger partial charge < -0.3 is 15.1 Å². The van der Waals surface area contributed by atoms with Crippen molar-refractivity contribution >= 4 is 11.9 Å². The Kier molecular flexibility index (Phi) is 7.97. The summed E-state index contributed by atoms with van der Waals surface area (Å²) in [6, 6.07) is 0. The molecule has 2 atom stereocenters. The number of aryl methyl sites for hydroxylation is 2. The molecule has 2 aliphatic rings. The highest BCUT2D eigenvalue weighted by Crippen LogP contribution is 2.21. The smallest absolute Gasteiger partial charge is 0.236 e. The standard InChI is InChI=1S/C23H41N7O/c1-7-24-23(25-13-21-19(4)26-27(6)20(21)5)29-10-8-28(9-11-29)16-22(31)30-14-17(2)12-18(3)15-30/h17-18H,7-16H2,1-6H3,(H,24,25). The van der Waals surface area contributed by atoms with Crippen molar-refractivity contribution in [1.29, 1.82) is 0 Å². The maximum Gasteiger partial charge on any atom is 0.236 e. The van der Waals surface area contributed by atoms with Crippen molar-refractivity contribution in [2.45, 2.75) is 47.6 Å². The van der Waals surface area contributed by atoms with Gasteiger partial charge in [-0.3, -0.25) is 14.4 Å². The average Bonchev–Trinajstić information content (AvgIpc) is 2.96. The molecule has 2 unspecified atom stereocenters. The van der Waals surface area contributed by atoms with Crippen LogP contribution in [0.4, 0.5) is 0 Å². The molecule has 8 nitrogen and oxygen atoms in total. The molecule has 1 aromatic heterocycles. The van der Waals surface area contributed by atoms with E-state index in [4.69, 9.17) is 4.99 Å². The zero-order valence-electron chi connectivity index (χ0n) is 20.3. The summed E-state index contributed by atoms with van der Waals surface area (Å²) < 4.78 is 1.92. The largest absolute Gasteiger partial charge is 0.357 e. The van der Waals surface area contributed by atoms with Gasteiger partial charge in [0.1, 0.15) is 0 Å². The van der Waals surface area contributed by atoms with Crippen LogP contribution in [0.5, 0.6) is 0 Å². The second-order valence-electron chi connectivity index (χ2n) is 9.45. The lowest BCUT2D eigenvalue weighted by Crippen LogP contribution is -2.55. The second-order valence-corrected chi connectivity index (χ2v) is 9.45. The first kappa shape index (κ1) is 23.6. The molecule has 2 saturated heterocycles. The van der Waals surface area contributed by atoms with E-state index in [1.807, 2.05) is 18.7 Å². The molecule has 0 radical (unpaired) electrons. The van der Waals surface area contributed by atoms with E-state index in [1.54, 1.807) is 0 Å². The summed E-state index contributed by atoms with van der Waals surface area (Å²) in [6.07, 6.45) is 1.23. The van der Waals surface area contributed by atoms with Crippen LogP contribution in [0.25, 0.3) is 0 Å². The Hall–Kier alpha value is -2.09. The molecule has 0 bridgehead atoms. The lowest BCUT2D eigenvalue weighted by Gasteiger charge is -2.39. The maximum absolute atomic E-state index is 12.8. The number of guanidine groups is 1. The molecule has 0 aliphatic carbocycles. The molecule has 2 aliphatic heterocycles. The van der Waals surface area contributed by atoms with Crippen LogP contribution in [0.15, 0.2) is 4.99 Å². The first-order valence-electron chi connectivity index (χ1n) is 11.8. The van der Waals surface area contributed by atoms with Gasteiger partial charge in [0.05, 0.1) is 18.8 Å². The number of likely N-dealkylation sites (tertiary alicyclic amines) is 1. The van der Waals surface area contributed by atoms with Gasteiger partial charge in [0.15, 0.2) is 5.96 Å². The van der Waals surface area contributed by atoms with Crippen molar-refractivity contribution in [3.8, 4) is 0 Å². The van der Waals surface area contributed by atoms with E-state index in [1.165, 1.54) is 17.7 Å². The summed E-state index contributed by atoms with van der Waals surface area (Å²) in [5, 5.41) is 7.94. The predicted molar refractivity (Wildman–Crippen MR) is 125 cm³/mol. The van der Waals surface area contributed by atoms with Gasteiger partial charge in [-0.05, 0) is 39.0 Å². The number of nitrogens with zero attached hydrogens (tertiary/aromatic N) is 6. The first-order valence-corrected chi connectivity index (χ1v) is 11.8. The highest BCUT2D eigenvalue weighted by molar-refractivity contribution is 5.80. The van der Waals surface area contributed by atoms with Crippen molar-refractivity contribution in [2.75, 3.05) is 52.4 Å². The van der Waals surface area contributed by atoms with Gasteiger partial charge in [-0.2, -0.15) is 5.10 Å². The van der Waals surface area contributed by atoms with Crippen LogP contribution < -0.4 is 5.32 Å². The number of amides is 1. The normalized spacial score (nSPS) is 23.4. The van der Waals surface area contributed by atoms with Gasteiger partial charge in [0.25, 0.3) is 0 Å². The molecular weight excluding hydrogens is 390 g/mol. The summed E-state index contributed by atoms with van der Waals surface area (Å²) >= 11 is 0. The molecule has 2 fully saturated rings. The summed E-state index contributed by atoms with van der Waals surface area (Å²) in [5.41, 5.74) is 3.41. The minimum atomic E-state index is 0.287. The average molecular weight is 432 g/mol. The Balaban J connectivity index is 1.54. The molecule has 0 aromatic carbocycles. The van der Waals surface area contributed by atoms with Gasteiger partial charge in [-0.15, -0.1) is 0 Å². The fourth-order valence-corrected chi connectivity index (χ4v) is 4.90. The Morgan fingerprint density at radius 3 is 2.29 bits per heavy atom. The molecule has 174 valence electrons. The highest BCUT2D eigenvalue weighted by atomic mass is 16.2. The van der Waals surface area contributed by atoms with Crippen LogP contribution >= 0.6 is 0 Å². The highest BCUT2D eigenvalue weighted by Gasteiger charge is 2.28. The third-order valence-electron chi connectivity index (χ3n) is 6.63. The van der Waals surface area contributed by atoms with E-state index in [9.17, 15) is 4.79 Å². The Morgan fingerprint density at radius 2 is 1.74 bits per heavy atom. The number of piperidine rings is 1. The SMILES string of the molecule is CCNC(=NCc1c(C)nn(C)c1C)N1CCN(CC(=O)N2CC(C)CC(C)C2)CC1. The van der Waals surface area contributed by atoms with Crippen LogP contribution in [0.3, 0.4) is 0 Å². The van der Waals surface area contributed by atoms with Crippen molar-refractivity contribution in [3.63, 3.8) is 0 Å². The van der Waals surface area contributed by atoms with E-state index in [0.717, 1.165) is 57.5 Å². The summed E-state index contributed by atoms with van der Waals surface area (Å²) in [7, 11) is 1.98. The number of rotatable bonds is 5. The molecule has 1 N–H and O–H groups in total. The van der Waals surface area contributed by atoms with Crippen LogP contribution in [0.1, 0.15) is 44.1 Å². The zero-order chi connectivity index (χ0) is 22.5. The third kappa shape index (κ3) is 5.99. The topological polar surface area (TPSA) is 69.0 Å². The fourth-order valence-electron chi connectivity index (χ4n) is 4.90. The number of carbonyl (C=O) groups excluding carboxylic acids is 1. The van der Waals surface area contributed by atoms with Gasteiger partial charge in [-0.1, -0.05) is 13.8 Å². The number of aliphatic imine (C=N–C) groups is 1. The monoisotopic (exact) mass is 431 g/mol. The lowest BCUT2D eigenvalue weighted by atomic mass is 9.92. The van der Waals surface area contributed by atoms with Gasteiger partial charge >= 0.3 is 0 Å². The maximum atomic E-state index is 12.8. The molecule has 3 rings (SSSR count). The molecular formula is C23H41N7O. The quantitative estimate of drug-likeness (QED) is 0.567. The van der Waals surface area contributed by atoms with E-state index >= 15 is 0 Å². The molecule has 31 heavy (non-hydrogen) atoms. The number of carbonyl (C=O) groups is 1. The zero-order valence-corrected chi connectivity index (χ0v) is 20.3. The van der Waals surface area contributed by atoms with Gasteiger partial charge in [0, 0.05) is 64.1 Å². The lowest BCUT2D eigenvalue weighted by molar-refractivity contribution is -0.135. The van der Waals surface area contributed by atoms with E-state index in [-0.39, 0.29) is 5.91 Å². The van der Waals surface area contributed by atoms with Crippen molar-refractivity contribution < 1.29 is 4.79 Å². The number of hydrogen-bond acceptors (Lipinski definition) is 4. The number of piperazine rings is 1. The van der Waals surface area contributed by atoms with Gasteiger partial charge in [0.2, 0.25) is 5.91 Å². The first-order chi connectivity index (χ1) is 14.8. The molecule has 1 aromatic rings. The summed E-state index contributed by atoms with van der Waals surface area (Å²) in [5.74, 6) is 2.45. The fraction of sp³-hybridized carbons (Fsp3) is 0.783. The molecule has 0 saturated carbocycles. The molecule has 3 heterocycles. The predicted octanol–water partition coefficient (Wildman–Crippen LogP) is 1.62. The van der Waals surface area contributed by atoms with E-state index in [0.29, 0.717) is 24.9 Å². The third-order valence-corrected chi connectivity index (χ3v) is 6.63.